The van der Waals surface area contributed by atoms with E-state index in [-0.39, 0.29) is 6.04 Å². The first kappa shape index (κ1) is 20.5. The Bertz CT molecular complexity index is 1260. The van der Waals surface area contributed by atoms with Gasteiger partial charge in [0.05, 0.1) is 5.69 Å². The van der Waals surface area contributed by atoms with Gasteiger partial charge in [-0.3, -0.25) is 0 Å². The molecule has 1 N–H and O–H groups in total. The zero-order valence-corrected chi connectivity index (χ0v) is 19.0. The van der Waals surface area contributed by atoms with E-state index in [2.05, 4.69) is 140 Å². The van der Waals surface area contributed by atoms with Crippen molar-refractivity contribution in [2.45, 2.75) is 13.0 Å². The van der Waals surface area contributed by atoms with Crippen LogP contribution in [0.15, 0.2) is 127 Å². The number of hydrogen-bond acceptors (Lipinski definition) is 1. The molecule has 5 aromatic rings. The van der Waals surface area contributed by atoms with Crippen LogP contribution >= 0.6 is 7.92 Å². The topological polar surface area (TPSA) is 12.0 Å². The fourth-order valence-electron chi connectivity index (χ4n) is 4.22. The molecule has 0 aliphatic heterocycles. The van der Waals surface area contributed by atoms with Gasteiger partial charge in [0.2, 0.25) is 0 Å². The number of fused-ring (bicyclic) bond motifs is 1. The molecule has 0 fully saturated rings. The van der Waals surface area contributed by atoms with Crippen molar-refractivity contribution in [3.8, 4) is 0 Å². The Balaban J connectivity index is 1.71. The molecule has 0 aromatic heterocycles. The van der Waals surface area contributed by atoms with Crippen LogP contribution in [0.25, 0.3) is 10.8 Å². The molecule has 0 amide bonds. The zero-order chi connectivity index (χ0) is 21.8. The van der Waals surface area contributed by atoms with E-state index < -0.39 is 7.92 Å². The van der Waals surface area contributed by atoms with Crippen molar-refractivity contribution in [1.29, 1.82) is 0 Å². The lowest BCUT2D eigenvalue weighted by Crippen LogP contribution is -2.24. The molecule has 0 bridgehead atoms. The third kappa shape index (κ3) is 4.17. The van der Waals surface area contributed by atoms with Gasteiger partial charge in [-0.15, -0.1) is 0 Å². The molecule has 0 aliphatic carbocycles. The fraction of sp³-hybridized carbons (Fsp3) is 0.0667. The van der Waals surface area contributed by atoms with E-state index in [4.69, 9.17) is 0 Å². The molecule has 0 unspecified atom stereocenters. The van der Waals surface area contributed by atoms with Gasteiger partial charge in [-0.05, 0) is 36.4 Å². The Morgan fingerprint density at radius 2 is 1.09 bits per heavy atom. The average Bonchev–Trinajstić information content (AvgIpc) is 2.87. The van der Waals surface area contributed by atoms with Gasteiger partial charge < -0.3 is 5.32 Å². The van der Waals surface area contributed by atoms with E-state index in [1.165, 1.54) is 37.9 Å². The van der Waals surface area contributed by atoms with Crippen LogP contribution in [0.3, 0.4) is 0 Å². The molecule has 0 saturated heterocycles. The van der Waals surface area contributed by atoms with Crippen LogP contribution in [-0.2, 0) is 0 Å². The van der Waals surface area contributed by atoms with Gasteiger partial charge in [0, 0.05) is 16.7 Å². The van der Waals surface area contributed by atoms with Crippen molar-refractivity contribution >= 4 is 40.3 Å². The second-order valence-corrected chi connectivity index (χ2v) is 10.1. The lowest BCUT2D eigenvalue weighted by molar-refractivity contribution is 0.888. The Morgan fingerprint density at radius 3 is 1.72 bits per heavy atom. The molecule has 0 heterocycles. The van der Waals surface area contributed by atoms with Crippen molar-refractivity contribution in [2.24, 2.45) is 0 Å². The summed E-state index contributed by atoms with van der Waals surface area (Å²) in [5, 5.41) is 10.5. The minimum absolute atomic E-state index is 0.198. The zero-order valence-electron chi connectivity index (χ0n) is 18.1. The fourth-order valence-corrected chi connectivity index (χ4v) is 6.65. The second kappa shape index (κ2) is 9.39. The summed E-state index contributed by atoms with van der Waals surface area (Å²) in [6.07, 6.45) is 0. The van der Waals surface area contributed by atoms with Gasteiger partial charge in [-0.25, -0.2) is 0 Å². The predicted octanol–water partition coefficient (Wildman–Crippen LogP) is 6.77. The number of rotatable bonds is 6. The molecule has 0 spiro atoms. The molecule has 156 valence electrons. The molecule has 2 heteroatoms. The number of nitrogens with one attached hydrogen (secondary N) is 1. The maximum Gasteiger partial charge on any atom is 0.0509 e. The van der Waals surface area contributed by atoms with Crippen LogP contribution in [0.4, 0.5) is 5.69 Å². The van der Waals surface area contributed by atoms with Gasteiger partial charge in [-0.2, -0.15) is 0 Å². The molecule has 0 radical (unpaired) electrons. The normalized spacial score (nSPS) is 12.1. The van der Waals surface area contributed by atoms with Crippen LogP contribution < -0.4 is 21.2 Å². The summed E-state index contributed by atoms with van der Waals surface area (Å²) in [7, 11) is -0.702. The van der Waals surface area contributed by atoms with Crippen molar-refractivity contribution in [3.63, 3.8) is 0 Å². The molecule has 0 saturated carbocycles. The van der Waals surface area contributed by atoms with E-state index in [9.17, 15) is 0 Å². The van der Waals surface area contributed by atoms with Gasteiger partial charge >= 0.3 is 0 Å². The minimum atomic E-state index is -0.702. The minimum Gasteiger partial charge on any atom is -0.377 e. The molecular formula is C30H26NP. The highest BCUT2D eigenvalue weighted by atomic mass is 31.1. The number of hydrogen-bond donors (Lipinski definition) is 1. The Kier molecular flexibility index (Phi) is 6.01. The highest BCUT2D eigenvalue weighted by Gasteiger charge is 2.22. The maximum absolute atomic E-state index is 3.91. The quantitative estimate of drug-likeness (QED) is 0.293. The van der Waals surface area contributed by atoms with Gasteiger partial charge in [0.25, 0.3) is 0 Å². The average molecular weight is 432 g/mol. The standard InChI is InChI=1S/C30H26NP/c1-23(24-13-5-2-6-14-24)31-30-28-20-12-11-15-25(28)21-22-29(30)32(26-16-7-3-8-17-26)27-18-9-4-10-19-27/h2-23,31H,1H3/t23-/m0/s1. The molecular weight excluding hydrogens is 405 g/mol. The van der Waals surface area contributed by atoms with Crippen LogP contribution in [0, 0.1) is 0 Å². The van der Waals surface area contributed by atoms with Gasteiger partial charge in [0.1, 0.15) is 0 Å². The van der Waals surface area contributed by atoms with Crippen LogP contribution in [0.2, 0.25) is 0 Å². The summed E-state index contributed by atoms with van der Waals surface area (Å²) in [6.45, 7) is 2.24. The Labute approximate surface area is 191 Å². The third-order valence-electron chi connectivity index (χ3n) is 5.84. The Morgan fingerprint density at radius 1 is 0.562 bits per heavy atom. The lowest BCUT2D eigenvalue weighted by Gasteiger charge is -2.26. The van der Waals surface area contributed by atoms with E-state index in [1.807, 2.05) is 0 Å². The lowest BCUT2D eigenvalue weighted by atomic mass is 10.1. The largest absolute Gasteiger partial charge is 0.377 e. The smallest absolute Gasteiger partial charge is 0.0509 e. The van der Waals surface area contributed by atoms with E-state index in [1.54, 1.807) is 0 Å². The number of benzene rings is 5. The highest BCUT2D eigenvalue weighted by Crippen LogP contribution is 2.39. The maximum atomic E-state index is 3.91. The van der Waals surface area contributed by atoms with E-state index in [0.29, 0.717) is 0 Å². The number of anilines is 1. The van der Waals surface area contributed by atoms with Crippen molar-refractivity contribution in [1.82, 2.24) is 0 Å². The van der Waals surface area contributed by atoms with E-state index in [0.717, 1.165) is 0 Å². The van der Waals surface area contributed by atoms with E-state index >= 15 is 0 Å². The highest BCUT2D eigenvalue weighted by molar-refractivity contribution is 7.80. The van der Waals surface area contributed by atoms with Crippen LogP contribution in [-0.4, -0.2) is 0 Å². The van der Waals surface area contributed by atoms with Crippen LogP contribution in [0.1, 0.15) is 18.5 Å². The SMILES string of the molecule is C[C@H](Nc1c(P(c2ccccc2)c2ccccc2)ccc2ccccc12)c1ccccc1. The molecule has 5 rings (SSSR count). The predicted molar refractivity (Wildman–Crippen MR) is 141 cm³/mol. The van der Waals surface area contributed by atoms with Crippen molar-refractivity contribution < 1.29 is 0 Å². The summed E-state index contributed by atoms with van der Waals surface area (Å²) < 4.78 is 0. The summed E-state index contributed by atoms with van der Waals surface area (Å²) in [6, 6.07) is 46.0. The van der Waals surface area contributed by atoms with Crippen LogP contribution in [0.5, 0.6) is 0 Å². The second-order valence-electron chi connectivity index (χ2n) is 7.96. The van der Waals surface area contributed by atoms with Crippen molar-refractivity contribution in [3.05, 3.63) is 133 Å². The summed E-state index contributed by atoms with van der Waals surface area (Å²) in [5.74, 6) is 0. The Hall–Kier alpha value is -3.41. The molecule has 5 aromatic carbocycles. The van der Waals surface area contributed by atoms with Gasteiger partial charge in [0.15, 0.2) is 0 Å². The first-order valence-electron chi connectivity index (χ1n) is 11.0. The monoisotopic (exact) mass is 431 g/mol. The summed E-state index contributed by atoms with van der Waals surface area (Å²) in [5.41, 5.74) is 2.52. The summed E-state index contributed by atoms with van der Waals surface area (Å²) in [4.78, 5) is 0. The summed E-state index contributed by atoms with van der Waals surface area (Å²) >= 11 is 0. The first-order valence-corrected chi connectivity index (χ1v) is 12.4. The molecule has 1 nitrogen and oxygen atoms in total. The first-order chi connectivity index (χ1) is 15.8. The molecule has 1 atom stereocenters. The van der Waals surface area contributed by atoms with Gasteiger partial charge in [-0.1, -0.05) is 127 Å². The molecule has 32 heavy (non-hydrogen) atoms. The molecule has 0 aliphatic rings. The third-order valence-corrected chi connectivity index (χ3v) is 8.32. The van der Waals surface area contributed by atoms with Crippen molar-refractivity contribution in [2.75, 3.05) is 5.32 Å².